The molecule has 2 saturated heterocycles. The highest BCUT2D eigenvalue weighted by Crippen LogP contribution is 2.61. The molecule has 8 aliphatic rings. The number of carbonyl (C=O) groups is 2. The molecule has 0 unspecified atom stereocenters. The van der Waals surface area contributed by atoms with Crippen LogP contribution in [0.25, 0.3) is 33.8 Å². The molecule has 59 heavy (non-hydrogen) atoms. The minimum absolute atomic E-state index is 0.0134. The van der Waals surface area contributed by atoms with Crippen LogP contribution < -0.4 is 15.4 Å². The van der Waals surface area contributed by atoms with Crippen molar-refractivity contribution in [1.82, 2.24) is 45.4 Å². The van der Waals surface area contributed by atoms with Crippen molar-refractivity contribution in [3.63, 3.8) is 0 Å². The molecule has 4 aliphatic heterocycles. The maximum Gasteiger partial charge on any atom is 0.253 e. The quantitative estimate of drug-likeness (QED) is 0.168. The standard InChI is InChI=1S/C26H27N5O2.C20H21ClN4O/c1-3-31-13-25(14-31)23-21(24(32)30-26(25)8-9-26)17-6-4-15-11-27-19(10-18(15)22(17)29-23)16-5-7-20(33-2)28-12-16;1-2-25-9-19(10-25)17-15(18(26)24-20(19)5-6-20)12-4-3-11-8-22-14(21)7-13(11)16(12)23-17/h5,7,10-12,29H,3-4,6,8-9,13-14H2,1-2H3,(H,30,32);7-8,23H,2-6,9-10H2,1H3,(H,24,26). The maximum atomic E-state index is 13.3. The van der Waals surface area contributed by atoms with Gasteiger partial charge in [0.25, 0.3) is 11.8 Å². The van der Waals surface area contributed by atoms with Gasteiger partial charge in [0, 0.05) is 78.9 Å². The molecular weight excluding hydrogens is 762 g/mol. The summed E-state index contributed by atoms with van der Waals surface area (Å²) < 4.78 is 5.19. The van der Waals surface area contributed by atoms with Crippen LogP contribution >= 0.6 is 11.6 Å². The second-order valence-electron chi connectivity index (χ2n) is 18.3. The zero-order valence-electron chi connectivity index (χ0n) is 33.8. The van der Waals surface area contributed by atoms with Gasteiger partial charge in [-0.05, 0) is 105 Å². The Morgan fingerprint density at radius 2 is 1.22 bits per heavy atom. The van der Waals surface area contributed by atoms with Gasteiger partial charge in [0.1, 0.15) is 5.15 Å². The van der Waals surface area contributed by atoms with Crippen molar-refractivity contribution >= 4 is 23.4 Å². The summed E-state index contributed by atoms with van der Waals surface area (Å²) in [5.74, 6) is 0.805. The summed E-state index contributed by atoms with van der Waals surface area (Å²) in [5, 5.41) is 7.36. The molecule has 302 valence electrons. The fraction of sp³-hybridized carbons (Fsp3) is 0.457. The summed E-state index contributed by atoms with van der Waals surface area (Å²) in [6.07, 6.45) is 13.5. The van der Waals surface area contributed by atoms with Crippen molar-refractivity contribution in [2.45, 2.75) is 87.1 Å². The first-order chi connectivity index (χ1) is 28.6. The number of likely N-dealkylation sites (N-methyl/N-ethyl adjacent to an activating group) is 2. The number of nitrogens with zero attached hydrogens (tertiary/aromatic N) is 5. The molecule has 5 aromatic heterocycles. The van der Waals surface area contributed by atoms with Gasteiger partial charge in [-0.2, -0.15) is 0 Å². The number of amides is 2. The van der Waals surface area contributed by atoms with E-state index in [1.54, 1.807) is 13.3 Å². The van der Waals surface area contributed by atoms with E-state index in [0.717, 1.165) is 141 Å². The third-order valence-corrected chi connectivity index (χ3v) is 15.7. The average Bonchev–Trinajstić information content (AvgIpc) is 4.08. The van der Waals surface area contributed by atoms with Crippen LogP contribution in [0.3, 0.4) is 0 Å². The predicted molar refractivity (Wildman–Crippen MR) is 224 cm³/mol. The number of rotatable bonds is 4. The number of halogens is 1. The van der Waals surface area contributed by atoms with Crippen molar-refractivity contribution in [1.29, 1.82) is 0 Å². The zero-order valence-corrected chi connectivity index (χ0v) is 34.5. The Hall–Kier alpha value is -5.04. The van der Waals surface area contributed by atoms with Gasteiger partial charge in [0.2, 0.25) is 5.88 Å². The molecule has 4 N–H and O–H groups in total. The Bertz CT molecular complexity index is 2630. The lowest BCUT2D eigenvalue weighted by atomic mass is 9.65. The highest BCUT2D eigenvalue weighted by molar-refractivity contribution is 6.29. The number of hydrogen-bond donors (Lipinski definition) is 4. The van der Waals surface area contributed by atoms with E-state index in [1.807, 2.05) is 30.6 Å². The number of carbonyl (C=O) groups excluding carboxylic acids is 2. The summed E-state index contributed by atoms with van der Waals surface area (Å²) >= 11 is 6.18. The third-order valence-electron chi connectivity index (χ3n) is 15.5. The van der Waals surface area contributed by atoms with Crippen LogP contribution in [-0.2, 0) is 36.5 Å². The molecule has 13 rings (SSSR count). The highest BCUT2D eigenvalue weighted by atomic mass is 35.5. The lowest BCUT2D eigenvalue weighted by Gasteiger charge is -2.56. The van der Waals surface area contributed by atoms with Gasteiger partial charge in [-0.3, -0.25) is 14.6 Å². The Labute approximate surface area is 347 Å². The van der Waals surface area contributed by atoms with Crippen molar-refractivity contribution in [2.24, 2.45) is 0 Å². The van der Waals surface area contributed by atoms with Crippen molar-refractivity contribution in [3.05, 3.63) is 92.8 Å². The topological polar surface area (TPSA) is 144 Å². The summed E-state index contributed by atoms with van der Waals surface area (Å²) in [4.78, 5) is 52.2. The highest BCUT2D eigenvalue weighted by Gasteiger charge is 2.70. The lowest BCUT2D eigenvalue weighted by Crippen LogP contribution is -2.72. The molecule has 9 heterocycles. The molecule has 0 aromatic carbocycles. The van der Waals surface area contributed by atoms with Gasteiger partial charge in [-0.25, -0.2) is 9.97 Å². The first-order valence-electron chi connectivity index (χ1n) is 21.4. The van der Waals surface area contributed by atoms with Crippen LogP contribution in [0.2, 0.25) is 5.15 Å². The summed E-state index contributed by atoms with van der Waals surface area (Å²) in [5.41, 5.74) is 15.2. The fourth-order valence-corrected chi connectivity index (χ4v) is 12.1. The molecule has 12 nitrogen and oxygen atoms in total. The van der Waals surface area contributed by atoms with Gasteiger partial charge in [0.15, 0.2) is 0 Å². The number of H-pyrrole nitrogens is 2. The van der Waals surface area contributed by atoms with Crippen LogP contribution in [0, 0.1) is 0 Å². The molecule has 13 heteroatoms. The number of pyridine rings is 3. The Morgan fingerprint density at radius 1 is 0.695 bits per heavy atom. The molecule has 0 atom stereocenters. The van der Waals surface area contributed by atoms with Crippen molar-refractivity contribution in [2.75, 3.05) is 46.4 Å². The normalized spacial score (nSPS) is 22.3. The minimum atomic E-state index is -0.0583. The summed E-state index contributed by atoms with van der Waals surface area (Å²) in [6, 6.07) is 7.92. The monoisotopic (exact) mass is 809 g/mol. The van der Waals surface area contributed by atoms with E-state index in [2.05, 4.69) is 60.3 Å². The Kier molecular flexibility index (Phi) is 7.46. The minimum Gasteiger partial charge on any atom is -0.481 e. The molecule has 0 radical (unpaired) electrons. The third kappa shape index (κ3) is 4.82. The van der Waals surface area contributed by atoms with E-state index >= 15 is 0 Å². The number of nitrogens with one attached hydrogen (secondary N) is 4. The van der Waals surface area contributed by atoms with E-state index in [4.69, 9.17) is 21.3 Å². The molecule has 4 fully saturated rings. The fourth-order valence-electron chi connectivity index (χ4n) is 11.9. The van der Waals surface area contributed by atoms with Crippen LogP contribution in [0.4, 0.5) is 0 Å². The number of ether oxygens (including phenoxy) is 1. The second-order valence-corrected chi connectivity index (χ2v) is 18.7. The van der Waals surface area contributed by atoms with Gasteiger partial charge < -0.3 is 35.1 Å². The van der Waals surface area contributed by atoms with E-state index in [0.29, 0.717) is 11.0 Å². The molecule has 4 aliphatic carbocycles. The predicted octanol–water partition coefficient (Wildman–Crippen LogP) is 5.77. The number of aryl methyl sites for hydroxylation is 2. The number of hydrogen-bond acceptors (Lipinski definition) is 8. The van der Waals surface area contributed by atoms with Crippen LogP contribution in [0.1, 0.15) is 93.9 Å². The average molecular weight is 810 g/mol. The number of likely N-dealkylation sites (tertiary alicyclic amines) is 2. The first-order valence-corrected chi connectivity index (χ1v) is 21.8. The largest absolute Gasteiger partial charge is 0.481 e. The van der Waals surface area contributed by atoms with E-state index < -0.39 is 0 Å². The Morgan fingerprint density at radius 3 is 1.69 bits per heavy atom. The van der Waals surface area contributed by atoms with Gasteiger partial charge >= 0.3 is 0 Å². The van der Waals surface area contributed by atoms with Gasteiger partial charge in [-0.1, -0.05) is 25.4 Å². The molecule has 0 bridgehead atoms. The number of fused-ring (bicyclic) bond motifs is 14. The molecule has 5 aromatic rings. The molecule has 2 saturated carbocycles. The molecule has 2 amide bonds. The summed E-state index contributed by atoms with van der Waals surface area (Å²) in [6.45, 7) is 10.6. The number of aromatic amines is 2. The van der Waals surface area contributed by atoms with E-state index in [-0.39, 0.29) is 33.7 Å². The van der Waals surface area contributed by atoms with Crippen molar-refractivity contribution < 1.29 is 14.3 Å². The van der Waals surface area contributed by atoms with E-state index in [1.165, 1.54) is 28.1 Å². The van der Waals surface area contributed by atoms with Crippen LogP contribution in [0.15, 0.2) is 42.9 Å². The van der Waals surface area contributed by atoms with Crippen LogP contribution in [-0.4, -0.2) is 104 Å². The maximum absolute atomic E-state index is 13.3. The second kappa shape index (κ2) is 12.3. The lowest BCUT2D eigenvalue weighted by molar-refractivity contribution is 0.0198. The van der Waals surface area contributed by atoms with Crippen molar-refractivity contribution in [3.8, 4) is 39.7 Å². The van der Waals surface area contributed by atoms with E-state index in [9.17, 15) is 9.59 Å². The first kappa shape index (κ1) is 35.9. The smallest absolute Gasteiger partial charge is 0.253 e. The molecule has 4 spiro atoms. The van der Waals surface area contributed by atoms with Gasteiger partial charge in [-0.15, -0.1) is 0 Å². The Balaban J connectivity index is 0.000000131. The number of methoxy groups -OCH3 is 1. The SMILES string of the molecule is CCN1CC2(C1)c1[nH]c3c(c1C(=O)NC21CC1)CCc1cnc(-c2ccc(OC)nc2)cc1-3.CCN1CC2(C1)c1[nH]c3c(c1C(=O)NC21CC1)CCc1cnc(Cl)cc1-3. The summed E-state index contributed by atoms with van der Waals surface area (Å²) in [7, 11) is 1.62. The van der Waals surface area contributed by atoms with Gasteiger partial charge in [0.05, 0.1) is 57.2 Å². The van der Waals surface area contributed by atoms with Crippen LogP contribution in [0.5, 0.6) is 5.88 Å². The number of aromatic nitrogens is 5. The zero-order chi connectivity index (χ0) is 40.1. The molecular formula is C46H48ClN9O3.